The number of nitrogens with zero attached hydrogens (tertiary/aromatic N) is 1. The fourth-order valence-electron chi connectivity index (χ4n) is 2.94. The maximum atomic E-state index is 11.4. The molecule has 0 aromatic carbocycles. The fourth-order valence-corrected chi connectivity index (χ4v) is 2.94. The van der Waals surface area contributed by atoms with Crippen LogP contribution in [0.4, 0.5) is 0 Å². The molecule has 2 aliphatic heterocycles. The van der Waals surface area contributed by atoms with E-state index in [1.807, 2.05) is 6.92 Å². The largest absolute Gasteiger partial charge is 0.356 e. The number of nitrogens with one attached hydrogen (secondary N) is 1. The van der Waals surface area contributed by atoms with Gasteiger partial charge in [-0.1, -0.05) is 0 Å². The lowest BCUT2D eigenvalue weighted by Gasteiger charge is -2.33. The zero-order valence-corrected chi connectivity index (χ0v) is 9.87. The Morgan fingerprint density at radius 3 is 2.56 bits per heavy atom. The summed E-state index contributed by atoms with van der Waals surface area (Å²) in [4.78, 5) is 25.2. The Labute approximate surface area is 96.4 Å². The lowest BCUT2D eigenvalue weighted by Crippen LogP contribution is -2.44. The van der Waals surface area contributed by atoms with Gasteiger partial charge in [0.05, 0.1) is 0 Å². The smallest absolute Gasteiger partial charge is 0.221 e. The van der Waals surface area contributed by atoms with Gasteiger partial charge in [-0.25, -0.2) is 0 Å². The second-order valence-corrected chi connectivity index (χ2v) is 4.77. The number of carbonyl (C=O) groups excluding carboxylic acids is 2. The number of fused-ring (bicyclic) bond motifs is 2. The van der Waals surface area contributed by atoms with Crippen LogP contribution in [0.15, 0.2) is 0 Å². The van der Waals surface area contributed by atoms with Crippen LogP contribution in [0.25, 0.3) is 0 Å². The minimum Gasteiger partial charge on any atom is -0.356 e. The third-order valence-corrected chi connectivity index (χ3v) is 3.67. The van der Waals surface area contributed by atoms with E-state index in [4.69, 9.17) is 0 Å². The SMILES string of the molecule is CCNC(=O)CCN1C2CCC1CC(=O)C2. The van der Waals surface area contributed by atoms with Crippen molar-refractivity contribution in [2.45, 2.75) is 51.1 Å². The molecule has 2 atom stereocenters. The number of hydrogen-bond donors (Lipinski definition) is 1. The van der Waals surface area contributed by atoms with Crippen molar-refractivity contribution >= 4 is 11.7 Å². The third kappa shape index (κ3) is 2.43. The van der Waals surface area contributed by atoms with Crippen molar-refractivity contribution in [1.82, 2.24) is 10.2 Å². The molecule has 2 fully saturated rings. The maximum Gasteiger partial charge on any atom is 0.221 e. The number of rotatable bonds is 4. The third-order valence-electron chi connectivity index (χ3n) is 3.67. The first kappa shape index (κ1) is 11.6. The monoisotopic (exact) mass is 224 g/mol. The average molecular weight is 224 g/mol. The minimum absolute atomic E-state index is 0.124. The van der Waals surface area contributed by atoms with Crippen LogP contribution < -0.4 is 5.32 Å². The fraction of sp³-hybridized carbons (Fsp3) is 0.833. The Morgan fingerprint density at radius 1 is 1.38 bits per heavy atom. The van der Waals surface area contributed by atoms with Crippen molar-refractivity contribution in [3.8, 4) is 0 Å². The number of hydrogen-bond acceptors (Lipinski definition) is 3. The van der Waals surface area contributed by atoms with Gasteiger partial charge in [0.15, 0.2) is 0 Å². The van der Waals surface area contributed by atoms with Crippen LogP contribution in [0.1, 0.15) is 39.0 Å². The molecule has 2 aliphatic rings. The number of Topliss-reactive ketones (excluding diaryl/α,β-unsaturated/α-hetero) is 1. The summed E-state index contributed by atoms with van der Waals surface area (Å²) in [5.74, 6) is 0.528. The van der Waals surface area contributed by atoms with Crippen LogP contribution in [-0.2, 0) is 9.59 Å². The van der Waals surface area contributed by atoms with Gasteiger partial charge in [-0.15, -0.1) is 0 Å². The number of ketones is 1. The molecule has 2 bridgehead atoms. The van der Waals surface area contributed by atoms with E-state index in [-0.39, 0.29) is 5.91 Å². The molecule has 0 saturated carbocycles. The number of carbonyl (C=O) groups is 2. The van der Waals surface area contributed by atoms with Crippen molar-refractivity contribution in [2.24, 2.45) is 0 Å². The summed E-state index contributed by atoms with van der Waals surface area (Å²) < 4.78 is 0. The first-order valence-electron chi connectivity index (χ1n) is 6.25. The summed E-state index contributed by atoms with van der Waals surface area (Å²) in [6.45, 7) is 3.44. The summed E-state index contributed by atoms with van der Waals surface area (Å²) in [6, 6.07) is 0.835. The molecule has 0 aromatic rings. The van der Waals surface area contributed by atoms with Gasteiger partial charge in [-0.05, 0) is 19.8 Å². The summed E-state index contributed by atoms with van der Waals surface area (Å²) in [5, 5.41) is 2.81. The number of piperidine rings is 1. The van der Waals surface area contributed by atoms with Crippen LogP contribution in [0.5, 0.6) is 0 Å². The van der Waals surface area contributed by atoms with Gasteiger partial charge in [0.1, 0.15) is 5.78 Å². The predicted molar refractivity (Wildman–Crippen MR) is 61.1 cm³/mol. The van der Waals surface area contributed by atoms with Crippen molar-refractivity contribution in [1.29, 1.82) is 0 Å². The minimum atomic E-state index is 0.124. The molecule has 2 saturated heterocycles. The lowest BCUT2D eigenvalue weighted by molar-refractivity contribution is -0.124. The normalized spacial score (nSPS) is 29.4. The van der Waals surface area contributed by atoms with Crippen LogP contribution in [0.2, 0.25) is 0 Å². The predicted octanol–water partition coefficient (Wildman–Crippen LogP) is 0.708. The molecule has 4 heteroatoms. The molecule has 0 aliphatic carbocycles. The molecule has 1 amide bonds. The first-order valence-corrected chi connectivity index (χ1v) is 6.25. The second-order valence-electron chi connectivity index (χ2n) is 4.77. The molecule has 90 valence electrons. The van der Waals surface area contributed by atoms with Crippen molar-refractivity contribution in [3.63, 3.8) is 0 Å². The zero-order valence-electron chi connectivity index (χ0n) is 9.87. The van der Waals surface area contributed by atoms with E-state index in [2.05, 4.69) is 10.2 Å². The number of amides is 1. The molecule has 0 aromatic heterocycles. The average Bonchev–Trinajstić information content (AvgIpc) is 2.47. The molecular weight excluding hydrogens is 204 g/mol. The van der Waals surface area contributed by atoms with E-state index in [9.17, 15) is 9.59 Å². The van der Waals surface area contributed by atoms with Crippen LogP contribution in [0.3, 0.4) is 0 Å². The van der Waals surface area contributed by atoms with E-state index >= 15 is 0 Å². The summed E-state index contributed by atoms with van der Waals surface area (Å²) in [7, 11) is 0. The van der Waals surface area contributed by atoms with Crippen LogP contribution in [0, 0.1) is 0 Å². The lowest BCUT2D eigenvalue weighted by atomic mass is 10.0. The topological polar surface area (TPSA) is 49.4 Å². The molecule has 1 N–H and O–H groups in total. The van der Waals surface area contributed by atoms with Crippen molar-refractivity contribution < 1.29 is 9.59 Å². The van der Waals surface area contributed by atoms with Gasteiger partial charge in [0.25, 0.3) is 0 Å². The molecule has 0 spiro atoms. The van der Waals surface area contributed by atoms with Gasteiger partial charge < -0.3 is 5.32 Å². The highest BCUT2D eigenvalue weighted by atomic mass is 16.1. The molecule has 2 heterocycles. The highest BCUT2D eigenvalue weighted by molar-refractivity contribution is 5.81. The van der Waals surface area contributed by atoms with Crippen molar-refractivity contribution in [3.05, 3.63) is 0 Å². The molecular formula is C12H20N2O2. The van der Waals surface area contributed by atoms with Gasteiger partial charge in [0.2, 0.25) is 5.91 Å². The van der Waals surface area contributed by atoms with Gasteiger partial charge in [-0.2, -0.15) is 0 Å². The Morgan fingerprint density at radius 2 is 2.00 bits per heavy atom. The van der Waals surface area contributed by atoms with Gasteiger partial charge >= 0.3 is 0 Å². The standard InChI is InChI=1S/C12H20N2O2/c1-2-13-12(16)5-6-14-9-3-4-10(14)8-11(15)7-9/h9-10H,2-8H2,1H3,(H,13,16). The summed E-state index contributed by atoms with van der Waals surface area (Å²) in [6.07, 6.45) is 4.23. The van der Waals surface area contributed by atoms with E-state index in [1.54, 1.807) is 0 Å². The molecule has 2 rings (SSSR count). The highest BCUT2D eigenvalue weighted by Gasteiger charge is 2.39. The van der Waals surface area contributed by atoms with Gasteiger partial charge in [-0.3, -0.25) is 14.5 Å². The Bertz CT molecular complexity index is 275. The zero-order chi connectivity index (χ0) is 11.5. The van der Waals surface area contributed by atoms with Crippen LogP contribution in [-0.4, -0.2) is 41.8 Å². The molecule has 16 heavy (non-hydrogen) atoms. The first-order chi connectivity index (χ1) is 7.70. The van der Waals surface area contributed by atoms with E-state index in [0.717, 1.165) is 19.4 Å². The summed E-state index contributed by atoms with van der Waals surface area (Å²) in [5.41, 5.74) is 0. The second kappa shape index (κ2) is 4.95. The Balaban J connectivity index is 1.82. The van der Waals surface area contributed by atoms with Gasteiger partial charge in [0, 0.05) is 44.4 Å². The van der Waals surface area contributed by atoms with Crippen molar-refractivity contribution in [2.75, 3.05) is 13.1 Å². The quantitative estimate of drug-likeness (QED) is 0.765. The van der Waals surface area contributed by atoms with E-state index in [1.165, 1.54) is 0 Å². The Hall–Kier alpha value is -0.900. The highest BCUT2D eigenvalue weighted by Crippen LogP contribution is 2.33. The summed E-state index contributed by atoms with van der Waals surface area (Å²) >= 11 is 0. The molecule has 4 nitrogen and oxygen atoms in total. The Kier molecular flexibility index (Phi) is 3.59. The molecule has 2 unspecified atom stereocenters. The molecule has 0 radical (unpaired) electrons. The van der Waals surface area contributed by atoms with E-state index < -0.39 is 0 Å². The van der Waals surface area contributed by atoms with E-state index in [0.29, 0.717) is 43.7 Å². The van der Waals surface area contributed by atoms with Crippen LogP contribution >= 0.6 is 0 Å². The maximum absolute atomic E-state index is 11.4.